The van der Waals surface area contributed by atoms with Crippen LogP contribution in [0.15, 0.2) is 42.6 Å². The third kappa shape index (κ3) is 4.53. The lowest BCUT2D eigenvalue weighted by molar-refractivity contribution is -0.136. The first kappa shape index (κ1) is 18.2. The zero-order chi connectivity index (χ0) is 18.6. The summed E-state index contributed by atoms with van der Waals surface area (Å²) in [6.45, 7) is 0. The van der Waals surface area contributed by atoms with Crippen LogP contribution in [0.1, 0.15) is 48.2 Å². The van der Waals surface area contributed by atoms with Crippen molar-refractivity contribution in [3.8, 4) is 0 Å². The van der Waals surface area contributed by atoms with Crippen LogP contribution in [0.25, 0.3) is 0 Å². The Labute approximate surface area is 149 Å². The van der Waals surface area contributed by atoms with E-state index in [1.807, 2.05) is 0 Å². The van der Waals surface area contributed by atoms with E-state index >= 15 is 0 Å². The number of pyridine rings is 1. The maximum absolute atomic E-state index is 13.0. The molecular weight excluding hydrogens is 343 g/mol. The minimum Gasteiger partial charge on any atom is -0.382 e. The SMILES string of the molecule is O=C(Nc1ccccc1C(F)(F)F)c1cc(NC2CCCCC2)ccn1. The number of amides is 1. The number of hydrogen-bond acceptors (Lipinski definition) is 3. The Morgan fingerprint density at radius 1 is 1.08 bits per heavy atom. The van der Waals surface area contributed by atoms with Crippen LogP contribution < -0.4 is 10.6 Å². The minimum atomic E-state index is -4.54. The molecule has 26 heavy (non-hydrogen) atoms. The van der Waals surface area contributed by atoms with Crippen molar-refractivity contribution in [1.82, 2.24) is 4.98 Å². The number of anilines is 2. The van der Waals surface area contributed by atoms with Gasteiger partial charge in [-0.05, 0) is 37.1 Å². The number of carbonyl (C=O) groups is 1. The number of rotatable bonds is 4. The first-order valence-corrected chi connectivity index (χ1v) is 8.63. The Morgan fingerprint density at radius 2 is 1.81 bits per heavy atom. The molecule has 0 aliphatic heterocycles. The molecule has 3 rings (SSSR count). The molecule has 1 aromatic heterocycles. The molecule has 1 aromatic carbocycles. The fourth-order valence-electron chi connectivity index (χ4n) is 3.15. The van der Waals surface area contributed by atoms with Gasteiger partial charge in [-0.3, -0.25) is 9.78 Å². The van der Waals surface area contributed by atoms with Crippen molar-refractivity contribution < 1.29 is 18.0 Å². The summed E-state index contributed by atoms with van der Waals surface area (Å²) in [7, 11) is 0. The van der Waals surface area contributed by atoms with E-state index in [1.54, 1.807) is 12.1 Å². The highest BCUT2D eigenvalue weighted by atomic mass is 19.4. The molecule has 138 valence electrons. The van der Waals surface area contributed by atoms with Crippen LogP contribution in [-0.2, 0) is 6.18 Å². The van der Waals surface area contributed by atoms with Gasteiger partial charge in [-0.2, -0.15) is 13.2 Å². The van der Waals surface area contributed by atoms with Crippen LogP contribution in [-0.4, -0.2) is 16.9 Å². The monoisotopic (exact) mass is 363 g/mol. The topological polar surface area (TPSA) is 54.0 Å². The molecule has 1 fully saturated rings. The van der Waals surface area contributed by atoms with Crippen molar-refractivity contribution in [2.75, 3.05) is 10.6 Å². The Kier molecular flexibility index (Phi) is 5.44. The number of benzene rings is 1. The number of aromatic nitrogens is 1. The van der Waals surface area contributed by atoms with Crippen molar-refractivity contribution in [1.29, 1.82) is 0 Å². The average molecular weight is 363 g/mol. The van der Waals surface area contributed by atoms with Gasteiger partial charge in [0.15, 0.2) is 0 Å². The molecule has 1 aliphatic carbocycles. The van der Waals surface area contributed by atoms with Gasteiger partial charge in [-0.25, -0.2) is 0 Å². The van der Waals surface area contributed by atoms with E-state index in [2.05, 4.69) is 15.6 Å². The van der Waals surface area contributed by atoms with Gasteiger partial charge in [0.25, 0.3) is 5.91 Å². The summed E-state index contributed by atoms with van der Waals surface area (Å²) in [5.41, 5.74) is -0.341. The number of halogens is 3. The molecule has 2 N–H and O–H groups in total. The Balaban J connectivity index is 1.73. The molecular formula is C19H20F3N3O. The highest BCUT2D eigenvalue weighted by molar-refractivity contribution is 6.03. The zero-order valence-electron chi connectivity index (χ0n) is 14.1. The van der Waals surface area contributed by atoms with E-state index in [4.69, 9.17) is 0 Å². The standard InChI is InChI=1S/C19H20F3N3O/c20-19(21,22)15-8-4-5-9-16(15)25-18(26)17-12-14(10-11-23-17)24-13-6-2-1-3-7-13/h4-5,8-13H,1-3,6-7H2,(H,23,24)(H,25,26). The number of para-hydroxylation sites is 1. The summed E-state index contributed by atoms with van der Waals surface area (Å²) >= 11 is 0. The quantitative estimate of drug-likeness (QED) is 0.795. The second-order valence-electron chi connectivity index (χ2n) is 6.41. The molecule has 1 saturated carbocycles. The van der Waals surface area contributed by atoms with Gasteiger partial charge in [0.05, 0.1) is 11.3 Å². The van der Waals surface area contributed by atoms with E-state index in [0.29, 0.717) is 6.04 Å². The van der Waals surface area contributed by atoms with Crippen LogP contribution in [0.5, 0.6) is 0 Å². The molecule has 0 radical (unpaired) electrons. The van der Waals surface area contributed by atoms with Crippen molar-refractivity contribution in [2.24, 2.45) is 0 Å². The number of alkyl halides is 3. The molecule has 0 bridgehead atoms. The van der Waals surface area contributed by atoms with Gasteiger partial charge >= 0.3 is 6.18 Å². The largest absolute Gasteiger partial charge is 0.418 e. The smallest absolute Gasteiger partial charge is 0.382 e. The molecule has 2 aromatic rings. The first-order chi connectivity index (χ1) is 12.4. The number of nitrogens with zero attached hydrogens (tertiary/aromatic N) is 1. The van der Waals surface area contributed by atoms with Gasteiger partial charge in [0.1, 0.15) is 5.69 Å². The Hall–Kier alpha value is -2.57. The Morgan fingerprint density at radius 3 is 2.54 bits per heavy atom. The highest BCUT2D eigenvalue weighted by Crippen LogP contribution is 2.34. The highest BCUT2D eigenvalue weighted by Gasteiger charge is 2.33. The van der Waals surface area contributed by atoms with Gasteiger partial charge in [-0.1, -0.05) is 31.4 Å². The maximum atomic E-state index is 13.0. The number of nitrogens with one attached hydrogen (secondary N) is 2. The second kappa shape index (κ2) is 7.76. The number of carbonyl (C=O) groups excluding carboxylic acids is 1. The molecule has 7 heteroatoms. The fraction of sp³-hybridized carbons (Fsp3) is 0.368. The van der Waals surface area contributed by atoms with Crippen LogP contribution in [0.4, 0.5) is 24.5 Å². The molecule has 4 nitrogen and oxygen atoms in total. The zero-order valence-corrected chi connectivity index (χ0v) is 14.1. The van der Waals surface area contributed by atoms with E-state index in [1.165, 1.54) is 43.7 Å². The van der Waals surface area contributed by atoms with Crippen molar-refractivity contribution in [3.63, 3.8) is 0 Å². The van der Waals surface area contributed by atoms with Crippen LogP contribution in [0.2, 0.25) is 0 Å². The lowest BCUT2D eigenvalue weighted by Gasteiger charge is -2.23. The van der Waals surface area contributed by atoms with Crippen LogP contribution in [0, 0.1) is 0 Å². The van der Waals surface area contributed by atoms with Gasteiger partial charge < -0.3 is 10.6 Å². The molecule has 0 saturated heterocycles. The van der Waals surface area contributed by atoms with E-state index < -0.39 is 17.6 Å². The van der Waals surface area contributed by atoms with Crippen LogP contribution in [0.3, 0.4) is 0 Å². The lowest BCUT2D eigenvalue weighted by atomic mass is 9.95. The summed E-state index contributed by atoms with van der Waals surface area (Å²) in [5, 5.41) is 5.69. The van der Waals surface area contributed by atoms with Gasteiger partial charge in [0, 0.05) is 17.9 Å². The molecule has 1 amide bonds. The summed E-state index contributed by atoms with van der Waals surface area (Å²) in [6, 6.07) is 8.57. The Bertz CT molecular complexity index is 771. The first-order valence-electron chi connectivity index (χ1n) is 8.63. The van der Waals surface area contributed by atoms with Crippen molar-refractivity contribution in [3.05, 3.63) is 53.9 Å². The number of hydrogen-bond donors (Lipinski definition) is 2. The van der Waals surface area contributed by atoms with Crippen LogP contribution >= 0.6 is 0 Å². The summed E-state index contributed by atoms with van der Waals surface area (Å²) in [4.78, 5) is 16.4. The van der Waals surface area contributed by atoms with E-state index in [0.717, 1.165) is 24.6 Å². The molecule has 1 aliphatic rings. The minimum absolute atomic E-state index is 0.0720. The van der Waals surface area contributed by atoms with Crippen molar-refractivity contribution >= 4 is 17.3 Å². The van der Waals surface area contributed by atoms with E-state index in [-0.39, 0.29) is 11.4 Å². The summed E-state index contributed by atoms with van der Waals surface area (Å²) in [6.07, 6.45) is 2.67. The summed E-state index contributed by atoms with van der Waals surface area (Å²) < 4.78 is 39.1. The van der Waals surface area contributed by atoms with E-state index in [9.17, 15) is 18.0 Å². The van der Waals surface area contributed by atoms with Gasteiger partial charge in [-0.15, -0.1) is 0 Å². The van der Waals surface area contributed by atoms with Crippen molar-refractivity contribution in [2.45, 2.75) is 44.3 Å². The average Bonchev–Trinajstić information content (AvgIpc) is 2.62. The molecule has 0 unspecified atom stereocenters. The summed E-state index contributed by atoms with van der Waals surface area (Å²) in [5.74, 6) is -0.672. The molecule has 1 heterocycles. The normalized spacial score (nSPS) is 15.5. The molecule has 0 spiro atoms. The molecule has 0 atom stereocenters. The third-order valence-electron chi connectivity index (χ3n) is 4.45. The van der Waals surface area contributed by atoms with Gasteiger partial charge in [0.2, 0.25) is 0 Å². The predicted octanol–water partition coefficient (Wildman–Crippen LogP) is 5.10. The third-order valence-corrected chi connectivity index (χ3v) is 4.45. The predicted molar refractivity (Wildman–Crippen MR) is 94.1 cm³/mol. The second-order valence-corrected chi connectivity index (χ2v) is 6.41. The fourth-order valence-corrected chi connectivity index (χ4v) is 3.15. The lowest BCUT2D eigenvalue weighted by Crippen LogP contribution is -2.23. The maximum Gasteiger partial charge on any atom is 0.418 e.